The van der Waals surface area contributed by atoms with E-state index in [9.17, 15) is 19.6 Å². The first-order valence-corrected chi connectivity index (χ1v) is 16.2. The highest BCUT2D eigenvalue weighted by Crippen LogP contribution is 2.48. The number of imidazole rings is 1. The van der Waals surface area contributed by atoms with Crippen LogP contribution in [0.4, 0.5) is 5.95 Å². The van der Waals surface area contributed by atoms with Gasteiger partial charge >= 0.3 is 7.75 Å². The topological polar surface area (TPSA) is 184 Å². The summed E-state index contributed by atoms with van der Waals surface area (Å²) in [5, 5.41) is 23.1. The molecule has 0 radical (unpaired) electrons. The predicted molar refractivity (Wildman–Crippen MR) is 160 cm³/mol. The molecule has 1 aromatic carbocycles. The van der Waals surface area contributed by atoms with Crippen LogP contribution < -0.4 is 10.8 Å². The molecule has 0 amide bonds. The summed E-state index contributed by atoms with van der Waals surface area (Å²) in [4.78, 5) is 23.2. The first-order valence-electron chi connectivity index (χ1n) is 12.9. The maximum Gasteiger partial charge on any atom is 0.405 e. The van der Waals surface area contributed by atoms with E-state index in [0.717, 1.165) is 17.3 Å². The number of nitrogen functional groups attached to an aromatic ring is 1. The average molecular weight is 664 g/mol. The van der Waals surface area contributed by atoms with Crippen molar-refractivity contribution >= 4 is 64.9 Å². The van der Waals surface area contributed by atoms with Crippen molar-refractivity contribution in [3.63, 3.8) is 0 Å². The number of nitrogens with one attached hydrogen (secondary N) is 1. The van der Waals surface area contributed by atoms with Gasteiger partial charge < -0.3 is 20.7 Å². The molecule has 13 nitrogen and oxygen atoms in total. The highest BCUT2D eigenvalue weighted by atomic mass is 35.5. The van der Waals surface area contributed by atoms with Gasteiger partial charge in [-0.3, -0.25) is 18.4 Å². The van der Waals surface area contributed by atoms with Gasteiger partial charge in [-0.15, -0.1) is 11.6 Å². The monoisotopic (exact) mass is 662 g/mol. The second-order valence-corrected chi connectivity index (χ2v) is 14.5. The van der Waals surface area contributed by atoms with E-state index in [1.54, 1.807) is 20.8 Å². The van der Waals surface area contributed by atoms with Crippen molar-refractivity contribution in [3.05, 3.63) is 47.4 Å². The van der Waals surface area contributed by atoms with E-state index >= 15 is 0 Å². The Morgan fingerprint density at radius 1 is 1.31 bits per heavy atom. The van der Waals surface area contributed by atoms with Crippen LogP contribution >= 0.6 is 42.7 Å². The van der Waals surface area contributed by atoms with Crippen molar-refractivity contribution in [3.8, 4) is 0 Å². The Bertz CT molecular complexity index is 1450. The number of aliphatic hydroxyl groups excluding tert-OH is 2. The summed E-state index contributed by atoms with van der Waals surface area (Å²) in [6.07, 6.45) is -1.87. The number of anilines is 1. The molecule has 230 valence electrons. The molecule has 0 bridgehead atoms. The third-order valence-electron chi connectivity index (χ3n) is 6.62. The molecule has 0 unspecified atom stereocenters. The lowest BCUT2D eigenvalue weighted by Gasteiger charge is -2.26. The molecule has 1 saturated heterocycles. The van der Waals surface area contributed by atoms with Crippen LogP contribution in [0.25, 0.3) is 11.2 Å². The number of ether oxygens (including phenoxy) is 1. The number of aliphatic hydroxyl groups is 2. The largest absolute Gasteiger partial charge is 0.405 e. The van der Waals surface area contributed by atoms with E-state index in [2.05, 4.69) is 20.0 Å². The van der Waals surface area contributed by atoms with E-state index in [0.29, 0.717) is 0 Å². The summed E-state index contributed by atoms with van der Waals surface area (Å²) in [5.41, 5.74) is 6.21. The zero-order valence-corrected chi connectivity index (χ0v) is 26.4. The summed E-state index contributed by atoms with van der Waals surface area (Å²) in [6.45, 7) is 4.25. The van der Waals surface area contributed by atoms with E-state index in [-0.39, 0.29) is 59.5 Å². The molecule has 0 aliphatic carbocycles. The minimum atomic E-state index is -3.98. The number of carbonyl (C=O) groups is 1. The lowest BCUT2D eigenvalue weighted by atomic mass is 9.97. The normalized spacial score (nSPS) is 24.2. The standard InChI is InChI=1S/C25H33Cl2N6O7PS/c1-24(2,13-34)22(36)42-10-9-38-41(37,30-11-15-7-5-4-6-8-15)39-12-16-18(35)25(3,27)21(40-16)33-14-29-17-19(26)31-23(28)32-20(17)33/h4-8,14,16,18,21,34-35H,9-13H2,1-3H3,(H,30,37)(H2,28,31,32)/t16-,18-,21-,25-,41+/m1/s1. The summed E-state index contributed by atoms with van der Waals surface area (Å²) < 4.78 is 32.7. The van der Waals surface area contributed by atoms with Crippen LogP contribution in [0.5, 0.6) is 0 Å². The number of alkyl halides is 1. The second-order valence-electron chi connectivity index (χ2n) is 10.4. The van der Waals surface area contributed by atoms with Crippen molar-refractivity contribution < 1.29 is 33.4 Å². The number of hydrogen-bond donors (Lipinski definition) is 4. The number of carbonyl (C=O) groups excluding carboxylic acids is 1. The number of hydrogen-bond acceptors (Lipinski definition) is 12. The number of thioether (sulfide) groups is 1. The molecule has 1 aliphatic heterocycles. The molecule has 3 aromatic rings. The van der Waals surface area contributed by atoms with Gasteiger partial charge in [0.1, 0.15) is 22.6 Å². The summed E-state index contributed by atoms with van der Waals surface area (Å²) in [5.74, 6) is 0.0974. The van der Waals surface area contributed by atoms with Crippen LogP contribution in [0.3, 0.4) is 0 Å². The van der Waals surface area contributed by atoms with Crippen molar-refractivity contribution in [1.29, 1.82) is 0 Å². The zero-order chi connectivity index (χ0) is 30.7. The Balaban J connectivity index is 1.46. The van der Waals surface area contributed by atoms with Crippen molar-refractivity contribution in [1.82, 2.24) is 24.6 Å². The summed E-state index contributed by atoms with van der Waals surface area (Å²) in [6, 6.07) is 9.21. The number of benzene rings is 1. The minimum Gasteiger partial charge on any atom is -0.395 e. The lowest BCUT2D eigenvalue weighted by Crippen LogP contribution is -2.40. The first kappa shape index (κ1) is 33.1. The predicted octanol–water partition coefficient (Wildman–Crippen LogP) is 3.53. The molecule has 5 atom stereocenters. The maximum atomic E-state index is 13.7. The molecular weight excluding hydrogens is 630 g/mol. The van der Waals surface area contributed by atoms with E-state index in [1.807, 2.05) is 30.3 Å². The molecule has 17 heteroatoms. The van der Waals surface area contributed by atoms with E-state index in [4.69, 9.17) is 42.7 Å². The smallest absolute Gasteiger partial charge is 0.395 e. The van der Waals surface area contributed by atoms with Gasteiger partial charge in [-0.1, -0.05) is 53.7 Å². The third kappa shape index (κ3) is 7.44. The highest BCUT2D eigenvalue weighted by molar-refractivity contribution is 8.13. The Hall–Kier alpha value is -1.84. The molecule has 2 aromatic heterocycles. The molecule has 42 heavy (non-hydrogen) atoms. The maximum absolute atomic E-state index is 13.7. The van der Waals surface area contributed by atoms with Crippen LogP contribution in [-0.4, -0.2) is 77.5 Å². The van der Waals surface area contributed by atoms with Gasteiger partial charge in [0, 0.05) is 12.3 Å². The van der Waals surface area contributed by atoms with Crippen LogP contribution in [0.2, 0.25) is 5.15 Å². The van der Waals surface area contributed by atoms with Crippen molar-refractivity contribution in [2.45, 2.75) is 50.6 Å². The molecule has 3 heterocycles. The van der Waals surface area contributed by atoms with Crippen molar-refractivity contribution in [2.75, 3.05) is 31.3 Å². The molecule has 1 aliphatic rings. The Morgan fingerprint density at radius 3 is 2.71 bits per heavy atom. The van der Waals surface area contributed by atoms with Crippen LogP contribution in [0.15, 0.2) is 36.7 Å². The molecule has 0 spiro atoms. The molecule has 4 rings (SSSR count). The van der Waals surface area contributed by atoms with E-state index < -0.39 is 36.5 Å². The van der Waals surface area contributed by atoms with Crippen LogP contribution in [0, 0.1) is 5.41 Å². The average Bonchev–Trinajstić information content (AvgIpc) is 3.47. The highest BCUT2D eigenvalue weighted by Gasteiger charge is 2.54. The fourth-order valence-electron chi connectivity index (χ4n) is 4.06. The first-order chi connectivity index (χ1) is 19.8. The van der Waals surface area contributed by atoms with Gasteiger partial charge in [-0.05, 0) is 26.3 Å². The quantitative estimate of drug-likeness (QED) is 0.0903. The molecule has 5 N–H and O–H groups in total. The number of rotatable bonds is 13. The zero-order valence-electron chi connectivity index (χ0n) is 23.1. The number of fused-ring (bicyclic) bond motifs is 1. The SMILES string of the molecule is CC(C)(CO)C(=O)SCCO[P@@](=O)(NCc1ccccc1)OC[C@H]1O[C@@H](n2cnc3c(Cl)nc(N)nc32)[C@](C)(Cl)[C@@H]1O. The Morgan fingerprint density at radius 2 is 2.02 bits per heavy atom. The number of halogens is 2. The van der Waals surface area contributed by atoms with Gasteiger partial charge in [0.25, 0.3) is 0 Å². The lowest BCUT2D eigenvalue weighted by molar-refractivity contribution is -0.119. The molecule has 1 fully saturated rings. The van der Waals surface area contributed by atoms with Gasteiger partial charge in [0.15, 0.2) is 22.1 Å². The Kier molecular flexibility index (Phi) is 10.6. The molecule has 0 saturated carbocycles. The Labute approximate surface area is 257 Å². The minimum absolute atomic E-state index is 0.0494. The van der Waals surface area contributed by atoms with Gasteiger partial charge in [-0.25, -0.2) is 14.6 Å². The number of aromatic nitrogens is 4. The van der Waals surface area contributed by atoms with Gasteiger partial charge in [0.2, 0.25) is 5.95 Å². The summed E-state index contributed by atoms with van der Waals surface area (Å²) >= 11 is 13.9. The number of nitrogens with zero attached hydrogens (tertiary/aromatic N) is 4. The summed E-state index contributed by atoms with van der Waals surface area (Å²) in [7, 11) is -3.98. The molecular formula is C25H33Cl2N6O7PS. The van der Waals surface area contributed by atoms with Crippen LogP contribution in [-0.2, 0) is 29.7 Å². The fourth-order valence-corrected chi connectivity index (χ4v) is 6.81. The van der Waals surface area contributed by atoms with Gasteiger partial charge in [-0.2, -0.15) is 9.97 Å². The fraction of sp³-hybridized carbons (Fsp3) is 0.520. The number of nitrogens with two attached hydrogens (primary N) is 1. The van der Waals surface area contributed by atoms with E-state index in [1.165, 1.54) is 10.9 Å². The van der Waals surface area contributed by atoms with Crippen molar-refractivity contribution in [2.24, 2.45) is 5.41 Å². The van der Waals surface area contributed by atoms with Crippen LogP contribution in [0.1, 0.15) is 32.6 Å². The third-order valence-corrected chi connectivity index (χ3v) is 10.0. The second kappa shape index (κ2) is 13.4. The van der Waals surface area contributed by atoms with Gasteiger partial charge in [0.05, 0.1) is 31.6 Å².